The van der Waals surface area contributed by atoms with Crippen molar-refractivity contribution in [2.45, 2.75) is 32.4 Å². The van der Waals surface area contributed by atoms with Gasteiger partial charge in [-0.3, -0.25) is 0 Å². The van der Waals surface area contributed by atoms with Gasteiger partial charge in [0.05, 0.1) is 24.0 Å². The third kappa shape index (κ3) is 4.24. The molecule has 1 atom stereocenters. The number of aromatic nitrogens is 5. The van der Waals surface area contributed by atoms with Gasteiger partial charge in [-0.2, -0.15) is 5.10 Å². The molecule has 0 saturated carbocycles. The molecule has 2 aromatic heterocycles. The number of rotatable bonds is 5. The van der Waals surface area contributed by atoms with Crippen LogP contribution in [-0.2, 0) is 6.54 Å². The average molecular weight is 406 g/mol. The van der Waals surface area contributed by atoms with Crippen LogP contribution < -0.4 is 10.2 Å². The van der Waals surface area contributed by atoms with Crippen LogP contribution in [0, 0.1) is 6.92 Å². The largest absolute Gasteiger partial charge is 0.353 e. The number of nitrogens with one attached hydrogen (secondary N) is 1. The number of amides is 2. The predicted octanol–water partition coefficient (Wildman–Crippen LogP) is 2.18. The summed E-state index contributed by atoms with van der Waals surface area (Å²) in [6, 6.07) is 13.7. The smallest absolute Gasteiger partial charge is 0.317 e. The molecule has 30 heavy (non-hydrogen) atoms. The minimum atomic E-state index is -0.116. The lowest BCUT2D eigenvalue weighted by atomic mass is 10.0. The van der Waals surface area contributed by atoms with Crippen LogP contribution in [0.2, 0.25) is 0 Å². The zero-order valence-electron chi connectivity index (χ0n) is 17.3. The zero-order valence-corrected chi connectivity index (χ0v) is 17.3. The van der Waals surface area contributed by atoms with Crippen molar-refractivity contribution in [1.29, 1.82) is 0 Å². The first kappa shape index (κ1) is 19.8. The fourth-order valence-corrected chi connectivity index (χ4v) is 3.73. The zero-order chi connectivity index (χ0) is 20.9. The van der Waals surface area contributed by atoms with Crippen molar-refractivity contribution in [3.63, 3.8) is 0 Å². The second kappa shape index (κ2) is 8.89. The highest BCUT2D eigenvalue weighted by atomic mass is 16.2. The Morgan fingerprint density at radius 2 is 2.03 bits per heavy atom. The van der Waals surface area contributed by atoms with Crippen molar-refractivity contribution in [3.05, 3.63) is 60.0 Å². The quantitative estimate of drug-likeness (QED) is 0.698. The van der Waals surface area contributed by atoms with E-state index < -0.39 is 0 Å². The number of nitrogens with zero attached hydrogens (tertiary/aromatic N) is 7. The Morgan fingerprint density at radius 1 is 1.20 bits per heavy atom. The molecule has 2 amide bonds. The Labute approximate surface area is 175 Å². The van der Waals surface area contributed by atoms with Gasteiger partial charge >= 0.3 is 6.03 Å². The number of carbonyl (C=O) groups is 1. The van der Waals surface area contributed by atoms with E-state index in [1.807, 2.05) is 56.4 Å². The average Bonchev–Trinajstić information content (AvgIpc) is 3.18. The first-order chi connectivity index (χ1) is 14.6. The van der Waals surface area contributed by atoms with E-state index in [9.17, 15) is 4.79 Å². The molecule has 0 aliphatic carbocycles. The molecule has 1 saturated heterocycles. The van der Waals surface area contributed by atoms with Crippen LogP contribution in [-0.4, -0.2) is 62.3 Å². The number of carbonyl (C=O) groups excluding carboxylic acids is 1. The van der Waals surface area contributed by atoms with Gasteiger partial charge in [0.15, 0.2) is 5.82 Å². The highest BCUT2D eigenvalue weighted by molar-refractivity contribution is 5.74. The fourth-order valence-electron chi connectivity index (χ4n) is 3.73. The van der Waals surface area contributed by atoms with E-state index in [2.05, 4.69) is 30.7 Å². The molecule has 4 rings (SSSR count). The first-order valence-corrected chi connectivity index (χ1v) is 10.1. The van der Waals surface area contributed by atoms with Gasteiger partial charge in [0.1, 0.15) is 5.69 Å². The molecule has 1 fully saturated rings. The van der Waals surface area contributed by atoms with Gasteiger partial charge in [-0.25, -0.2) is 9.48 Å². The summed E-state index contributed by atoms with van der Waals surface area (Å²) in [5.41, 5.74) is 2.62. The lowest BCUT2D eigenvalue weighted by Gasteiger charge is -2.37. The van der Waals surface area contributed by atoms with Crippen molar-refractivity contribution >= 4 is 11.8 Å². The number of hydrogen-bond donors (Lipinski definition) is 1. The van der Waals surface area contributed by atoms with E-state index in [4.69, 9.17) is 0 Å². The van der Waals surface area contributed by atoms with Gasteiger partial charge in [0.25, 0.3) is 0 Å². The Balaban J connectivity index is 1.36. The van der Waals surface area contributed by atoms with Gasteiger partial charge in [-0.15, -0.1) is 10.2 Å². The molecular weight excluding hydrogens is 380 g/mol. The molecule has 9 nitrogen and oxygen atoms in total. The van der Waals surface area contributed by atoms with Crippen molar-refractivity contribution < 1.29 is 4.79 Å². The van der Waals surface area contributed by atoms with Gasteiger partial charge in [0.2, 0.25) is 0 Å². The molecule has 9 heteroatoms. The predicted molar refractivity (Wildman–Crippen MR) is 113 cm³/mol. The van der Waals surface area contributed by atoms with Crippen LogP contribution in [0.3, 0.4) is 0 Å². The highest BCUT2D eigenvalue weighted by Gasteiger charge is 2.27. The normalized spacial score (nSPS) is 16.3. The summed E-state index contributed by atoms with van der Waals surface area (Å²) in [5.74, 6) is 0.851. The van der Waals surface area contributed by atoms with E-state index >= 15 is 0 Å². The maximum Gasteiger partial charge on any atom is 0.317 e. The van der Waals surface area contributed by atoms with Crippen LogP contribution >= 0.6 is 0 Å². The Hall–Kier alpha value is -3.49. The van der Waals surface area contributed by atoms with E-state index in [-0.39, 0.29) is 12.1 Å². The van der Waals surface area contributed by atoms with Crippen LogP contribution in [0.1, 0.15) is 24.2 Å². The van der Waals surface area contributed by atoms with E-state index in [1.165, 1.54) is 0 Å². The molecule has 1 aromatic carbocycles. The maximum atomic E-state index is 12.8. The molecule has 1 aliphatic heterocycles. The number of anilines is 1. The summed E-state index contributed by atoms with van der Waals surface area (Å²) in [5, 5.41) is 19.6. The number of urea groups is 1. The van der Waals surface area contributed by atoms with E-state index in [1.54, 1.807) is 15.8 Å². The van der Waals surface area contributed by atoms with Crippen LogP contribution in [0.25, 0.3) is 5.69 Å². The SMILES string of the molecule is Cc1c(CNC(=O)N(C)[C@@H]2CCCN(c3cccnn3)C2)nnn1-c1ccccc1. The molecule has 0 unspecified atom stereocenters. The molecule has 1 N–H and O–H groups in total. The summed E-state index contributed by atoms with van der Waals surface area (Å²) in [4.78, 5) is 16.7. The summed E-state index contributed by atoms with van der Waals surface area (Å²) in [7, 11) is 1.84. The van der Waals surface area contributed by atoms with Gasteiger partial charge in [0, 0.05) is 26.3 Å². The Kier molecular flexibility index (Phi) is 5.87. The second-order valence-electron chi connectivity index (χ2n) is 7.46. The number of piperidine rings is 1. The Morgan fingerprint density at radius 3 is 2.80 bits per heavy atom. The standard InChI is InChI=1S/C21H26N8O/c1-16-19(24-26-29(16)17-8-4-3-5-9-17)14-22-21(30)27(2)18-10-7-13-28(15-18)20-11-6-12-23-25-20/h3-6,8-9,11-12,18H,7,10,13-15H2,1-2H3,(H,22,30)/t18-/m1/s1. The minimum Gasteiger partial charge on any atom is -0.353 e. The Bertz CT molecular complexity index is 975. The van der Waals surface area contributed by atoms with Crippen molar-refractivity contribution in [3.8, 4) is 5.69 Å². The summed E-state index contributed by atoms with van der Waals surface area (Å²) < 4.78 is 1.78. The first-order valence-electron chi connectivity index (χ1n) is 10.1. The van der Waals surface area contributed by atoms with Crippen molar-refractivity contribution in [2.75, 3.05) is 25.0 Å². The van der Waals surface area contributed by atoms with Gasteiger partial charge < -0.3 is 15.1 Å². The van der Waals surface area contributed by atoms with Crippen molar-refractivity contribution in [1.82, 2.24) is 35.4 Å². The van der Waals surface area contributed by atoms with Gasteiger partial charge in [-0.05, 0) is 44.0 Å². The molecule has 3 aromatic rings. The maximum absolute atomic E-state index is 12.8. The van der Waals surface area contributed by atoms with Crippen molar-refractivity contribution in [2.24, 2.45) is 0 Å². The number of hydrogen-bond acceptors (Lipinski definition) is 6. The third-order valence-electron chi connectivity index (χ3n) is 5.54. The lowest BCUT2D eigenvalue weighted by Crippen LogP contribution is -2.51. The lowest BCUT2D eigenvalue weighted by molar-refractivity contribution is 0.182. The topological polar surface area (TPSA) is 92.1 Å². The minimum absolute atomic E-state index is 0.113. The number of likely N-dealkylation sites (N-methyl/N-ethyl adjacent to an activating group) is 1. The highest BCUT2D eigenvalue weighted by Crippen LogP contribution is 2.20. The van der Waals surface area contributed by atoms with Crippen LogP contribution in [0.15, 0.2) is 48.7 Å². The molecule has 156 valence electrons. The van der Waals surface area contributed by atoms with E-state index in [0.717, 1.165) is 48.8 Å². The number of para-hydroxylation sites is 1. The summed E-state index contributed by atoms with van der Waals surface area (Å²) >= 11 is 0. The molecule has 0 radical (unpaired) electrons. The van der Waals surface area contributed by atoms with Crippen LogP contribution in [0.4, 0.5) is 10.6 Å². The molecular formula is C21H26N8O. The monoisotopic (exact) mass is 406 g/mol. The fraction of sp³-hybridized carbons (Fsp3) is 0.381. The third-order valence-corrected chi connectivity index (χ3v) is 5.54. The molecule has 0 bridgehead atoms. The molecule has 3 heterocycles. The van der Waals surface area contributed by atoms with Gasteiger partial charge in [-0.1, -0.05) is 23.4 Å². The second-order valence-corrected chi connectivity index (χ2v) is 7.46. The molecule has 1 aliphatic rings. The summed E-state index contributed by atoms with van der Waals surface area (Å²) in [6.45, 7) is 3.96. The number of benzene rings is 1. The van der Waals surface area contributed by atoms with E-state index in [0.29, 0.717) is 6.54 Å². The molecule has 0 spiro atoms. The van der Waals surface area contributed by atoms with Crippen LogP contribution in [0.5, 0.6) is 0 Å². The summed E-state index contributed by atoms with van der Waals surface area (Å²) in [6.07, 6.45) is 3.63.